The Labute approximate surface area is 85.9 Å². The summed E-state index contributed by atoms with van der Waals surface area (Å²) in [5, 5.41) is 21.9. The average Bonchev–Trinajstić information content (AvgIpc) is 2.01. The van der Waals surface area contributed by atoms with Gasteiger partial charge in [-0.15, -0.1) is 0 Å². The van der Waals surface area contributed by atoms with E-state index < -0.39 is 0 Å². The number of nitrogens with one attached hydrogen (secondary N) is 1. The van der Waals surface area contributed by atoms with E-state index in [1.165, 1.54) is 24.4 Å². The van der Waals surface area contributed by atoms with Crippen LogP contribution in [0.1, 0.15) is 5.56 Å². The van der Waals surface area contributed by atoms with E-state index in [0.29, 0.717) is 5.56 Å². The van der Waals surface area contributed by atoms with E-state index in [2.05, 4.69) is 22.7 Å². The van der Waals surface area contributed by atoms with Crippen molar-refractivity contribution < 1.29 is 10.2 Å². The number of phenols is 2. The van der Waals surface area contributed by atoms with Crippen LogP contribution in [0.3, 0.4) is 0 Å². The number of aromatic hydroxyl groups is 2. The minimum absolute atomic E-state index is 0.0400. The molecule has 0 bridgehead atoms. The monoisotopic (exact) mass is 211 g/mol. The molecular formula is C8H9N3O2S. The third kappa shape index (κ3) is 3.28. The fourth-order valence-corrected chi connectivity index (χ4v) is 0.916. The number of nitrogens with two attached hydrogens (primary N) is 1. The molecule has 74 valence electrons. The van der Waals surface area contributed by atoms with Crippen molar-refractivity contribution in [3.05, 3.63) is 23.8 Å². The molecule has 6 heteroatoms. The van der Waals surface area contributed by atoms with Gasteiger partial charge in [-0.3, -0.25) is 5.43 Å². The van der Waals surface area contributed by atoms with Crippen LogP contribution >= 0.6 is 12.2 Å². The van der Waals surface area contributed by atoms with Crippen molar-refractivity contribution in [2.24, 2.45) is 10.8 Å². The second-order valence-corrected chi connectivity index (χ2v) is 2.96. The van der Waals surface area contributed by atoms with Crippen LogP contribution in [0.25, 0.3) is 0 Å². The molecule has 0 fully saturated rings. The van der Waals surface area contributed by atoms with Crippen LogP contribution < -0.4 is 11.2 Å². The van der Waals surface area contributed by atoms with E-state index in [1.54, 1.807) is 0 Å². The minimum Gasteiger partial charge on any atom is -0.508 e. The van der Waals surface area contributed by atoms with Gasteiger partial charge in [0, 0.05) is 11.6 Å². The van der Waals surface area contributed by atoms with E-state index in [4.69, 9.17) is 15.9 Å². The van der Waals surface area contributed by atoms with Crippen LogP contribution in [0, 0.1) is 0 Å². The van der Waals surface area contributed by atoms with Crippen molar-refractivity contribution in [3.63, 3.8) is 0 Å². The summed E-state index contributed by atoms with van der Waals surface area (Å²) in [5.74, 6) is -0.0800. The third-order valence-corrected chi connectivity index (χ3v) is 1.40. The minimum atomic E-state index is -0.0400. The topological polar surface area (TPSA) is 90.9 Å². The summed E-state index contributed by atoms with van der Waals surface area (Å²) in [7, 11) is 0. The maximum absolute atomic E-state index is 9.11. The first-order valence-electron chi connectivity index (χ1n) is 3.69. The Morgan fingerprint density at radius 2 is 1.93 bits per heavy atom. The fourth-order valence-electron chi connectivity index (χ4n) is 0.863. The summed E-state index contributed by atoms with van der Waals surface area (Å²) < 4.78 is 0. The normalized spacial score (nSPS) is 10.3. The Morgan fingerprint density at radius 3 is 2.43 bits per heavy atom. The number of thiocarbonyl (C=S) groups is 1. The highest BCUT2D eigenvalue weighted by molar-refractivity contribution is 7.80. The molecule has 5 nitrogen and oxygen atoms in total. The lowest BCUT2D eigenvalue weighted by Crippen LogP contribution is -2.23. The van der Waals surface area contributed by atoms with Crippen molar-refractivity contribution >= 4 is 23.5 Å². The Bertz CT molecular complexity index is 359. The van der Waals surface area contributed by atoms with Gasteiger partial charge in [0.1, 0.15) is 11.5 Å². The van der Waals surface area contributed by atoms with Gasteiger partial charge in [-0.05, 0) is 24.4 Å². The zero-order chi connectivity index (χ0) is 10.6. The second-order valence-electron chi connectivity index (χ2n) is 2.52. The molecule has 0 saturated carbocycles. The van der Waals surface area contributed by atoms with Gasteiger partial charge in [0.2, 0.25) is 0 Å². The molecule has 0 heterocycles. The van der Waals surface area contributed by atoms with Crippen LogP contribution in [0.5, 0.6) is 11.5 Å². The van der Waals surface area contributed by atoms with Crippen LogP contribution in [-0.2, 0) is 0 Å². The molecule has 0 amide bonds. The SMILES string of the molecule is NC(=S)NN=Cc1cc(O)cc(O)c1. The van der Waals surface area contributed by atoms with Crippen molar-refractivity contribution in [2.45, 2.75) is 0 Å². The highest BCUT2D eigenvalue weighted by Gasteiger charge is 1.95. The molecule has 0 aliphatic carbocycles. The molecule has 1 rings (SSSR count). The molecule has 1 aromatic carbocycles. The first-order valence-corrected chi connectivity index (χ1v) is 4.10. The molecular weight excluding hydrogens is 202 g/mol. The molecule has 5 N–H and O–H groups in total. The van der Waals surface area contributed by atoms with Gasteiger partial charge >= 0.3 is 0 Å². The van der Waals surface area contributed by atoms with Crippen molar-refractivity contribution in [1.82, 2.24) is 5.43 Å². The smallest absolute Gasteiger partial charge is 0.184 e. The Kier molecular flexibility index (Phi) is 3.24. The Morgan fingerprint density at radius 1 is 1.36 bits per heavy atom. The van der Waals surface area contributed by atoms with E-state index in [-0.39, 0.29) is 16.6 Å². The second kappa shape index (κ2) is 4.43. The molecule has 14 heavy (non-hydrogen) atoms. The van der Waals surface area contributed by atoms with E-state index in [0.717, 1.165) is 0 Å². The summed E-state index contributed by atoms with van der Waals surface area (Å²) in [6.45, 7) is 0. The van der Waals surface area contributed by atoms with Gasteiger partial charge in [-0.2, -0.15) is 5.10 Å². The summed E-state index contributed by atoms with van der Waals surface area (Å²) in [6, 6.07) is 4.09. The van der Waals surface area contributed by atoms with E-state index in [1.807, 2.05) is 0 Å². The van der Waals surface area contributed by atoms with Crippen molar-refractivity contribution in [1.29, 1.82) is 0 Å². The highest BCUT2D eigenvalue weighted by atomic mass is 32.1. The predicted molar refractivity (Wildman–Crippen MR) is 57.3 cm³/mol. The van der Waals surface area contributed by atoms with Gasteiger partial charge in [0.15, 0.2) is 5.11 Å². The van der Waals surface area contributed by atoms with Gasteiger partial charge in [-0.1, -0.05) is 0 Å². The summed E-state index contributed by atoms with van der Waals surface area (Å²) >= 11 is 4.52. The number of rotatable bonds is 2. The summed E-state index contributed by atoms with van der Waals surface area (Å²) in [5.41, 5.74) is 8.01. The zero-order valence-electron chi connectivity index (χ0n) is 7.14. The maximum Gasteiger partial charge on any atom is 0.184 e. The number of hydrogen-bond donors (Lipinski definition) is 4. The standard InChI is InChI=1S/C8H9N3O2S/c9-8(14)11-10-4-5-1-6(12)3-7(13)2-5/h1-4,12-13H,(H3,9,11,14). The van der Waals surface area contributed by atoms with Crippen molar-refractivity contribution in [2.75, 3.05) is 0 Å². The lowest BCUT2D eigenvalue weighted by molar-refractivity contribution is 0.450. The fraction of sp³-hybridized carbons (Fsp3) is 0. The van der Waals surface area contributed by atoms with Gasteiger partial charge in [-0.25, -0.2) is 0 Å². The first-order chi connectivity index (χ1) is 6.58. The number of benzene rings is 1. The molecule has 0 atom stereocenters. The number of phenolic OH excluding ortho intramolecular Hbond substituents is 2. The lowest BCUT2D eigenvalue weighted by atomic mass is 10.2. The van der Waals surface area contributed by atoms with Crippen LogP contribution in [0.15, 0.2) is 23.3 Å². The summed E-state index contributed by atoms with van der Waals surface area (Å²) in [4.78, 5) is 0. The molecule has 0 radical (unpaired) electrons. The summed E-state index contributed by atoms with van der Waals surface area (Å²) in [6.07, 6.45) is 1.37. The number of nitrogens with zero attached hydrogens (tertiary/aromatic N) is 1. The first kappa shape index (κ1) is 10.3. The van der Waals surface area contributed by atoms with Crippen molar-refractivity contribution in [3.8, 4) is 11.5 Å². The van der Waals surface area contributed by atoms with E-state index in [9.17, 15) is 0 Å². The molecule has 0 saturated heterocycles. The molecule has 1 aromatic rings. The number of hydrazone groups is 1. The van der Waals surface area contributed by atoms with Crippen LogP contribution in [-0.4, -0.2) is 21.5 Å². The van der Waals surface area contributed by atoms with Crippen LogP contribution in [0.2, 0.25) is 0 Å². The molecule has 0 aromatic heterocycles. The average molecular weight is 211 g/mol. The van der Waals surface area contributed by atoms with E-state index >= 15 is 0 Å². The van der Waals surface area contributed by atoms with Gasteiger partial charge < -0.3 is 15.9 Å². The third-order valence-electron chi connectivity index (χ3n) is 1.31. The van der Waals surface area contributed by atoms with Crippen LogP contribution in [0.4, 0.5) is 0 Å². The molecule has 0 aliphatic heterocycles. The number of hydrogen-bond acceptors (Lipinski definition) is 4. The Balaban J connectivity index is 2.76. The largest absolute Gasteiger partial charge is 0.508 e. The molecule has 0 unspecified atom stereocenters. The predicted octanol–water partition coefficient (Wildman–Crippen LogP) is 0.265. The molecule has 0 aliphatic rings. The zero-order valence-corrected chi connectivity index (χ0v) is 7.95. The molecule has 0 spiro atoms. The maximum atomic E-state index is 9.11. The lowest BCUT2D eigenvalue weighted by Gasteiger charge is -1.98. The quantitative estimate of drug-likeness (QED) is 0.320. The Hall–Kier alpha value is -1.82. The van der Waals surface area contributed by atoms with Gasteiger partial charge in [0.05, 0.1) is 6.21 Å². The van der Waals surface area contributed by atoms with Gasteiger partial charge in [0.25, 0.3) is 0 Å². The highest BCUT2D eigenvalue weighted by Crippen LogP contribution is 2.18.